The third-order valence-corrected chi connectivity index (χ3v) is 2.95. The molecule has 0 aliphatic carbocycles. The molecular formula is C12H18N2O. The molecule has 1 aromatic rings. The lowest BCUT2D eigenvalue weighted by molar-refractivity contribution is 0.307. The highest BCUT2D eigenvalue weighted by atomic mass is 16.3. The SMILES string of the molecule is C[C@H]1C[C@H](N)C[C@@H](c2cccc(O)c2)N1. The zero-order valence-corrected chi connectivity index (χ0v) is 8.98. The summed E-state index contributed by atoms with van der Waals surface area (Å²) in [5.74, 6) is 0.320. The molecule has 2 rings (SSSR count). The fraction of sp³-hybridized carbons (Fsp3) is 0.500. The van der Waals surface area contributed by atoms with Crippen molar-refractivity contribution in [1.29, 1.82) is 0 Å². The Labute approximate surface area is 90.3 Å². The summed E-state index contributed by atoms with van der Waals surface area (Å²) in [5.41, 5.74) is 7.11. The molecule has 1 aliphatic heterocycles. The minimum Gasteiger partial charge on any atom is -0.508 e. The number of nitrogens with two attached hydrogens (primary N) is 1. The lowest BCUT2D eigenvalue weighted by Gasteiger charge is -2.33. The zero-order chi connectivity index (χ0) is 10.8. The van der Waals surface area contributed by atoms with Crippen molar-refractivity contribution < 1.29 is 5.11 Å². The van der Waals surface area contributed by atoms with Crippen LogP contribution in [0.2, 0.25) is 0 Å². The van der Waals surface area contributed by atoms with Gasteiger partial charge in [0.1, 0.15) is 5.75 Å². The molecule has 0 amide bonds. The molecular weight excluding hydrogens is 188 g/mol. The van der Waals surface area contributed by atoms with E-state index in [1.54, 1.807) is 6.07 Å². The van der Waals surface area contributed by atoms with E-state index < -0.39 is 0 Å². The molecule has 15 heavy (non-hydrogen) atoms. The van der Waals surface area contributed by atoms with Crippen molar-refractivity contribution in [3.63, 3.8) is 0 Å². The smallest absolute Gasteiger partial charge is 0.115 e. The van der Waals surface area contributed by atoms with Gasteiger partial charge in [-0.05, 0) is 37.5 Å². The van der Waals surface area contributed by atoms with Gasteiger partial charge in [0.05, 0.1) is 0 Å². The molecule has 0 bridgehead atoms. The second kappa shape index (κ2) is 4.21. The number of hydrogen-bond acceptors (Lipinski definition) is 3. The van der Waals surface area contributed by atoms with E-state index in [4.69, 9.17) is 5.73 Å². The first-order valence-corrected chi connectivity index (χ1v) is 5.45. The quantitative estimate of drug-likeness (QED) is 0.653. The Bertz CT molecular complexity index is 330. The van der Waals surface area contributed by atoms with Gasteiger partial charge in [-0.25, -0.2) is 0 Å². The highest BCUT2D eigenvalue weighted by Gasteiger charge is 2.24. The highest BCUT2D eigenvalue weighted by molar-refractivity contribution is 5.29. The van der Waals surface area contributed by atoms with Crippen LogP contribution in [-0.4, -0.2) is 17.2 Å². The van der Waals surface area contributed by atoms with E-state index in [2.05, 4.69) is 12.2 Å². The number of aromatic hydroxyl groups is 1. The van der Waals surface area contributed by atoms with Crippen LogP contribution in [0.15, 0.2) is 24.3 Å². The summed E-state index contributed by atoms with van der Waals surface area (Å²) < 4.78 is 0. The molecule has 1 saturated heterocycles. The molecule has 3 nitrogen and oxygen atoms in total. The van der Waals surface area contributed by atoms with Crippen molar-refractivity contribution in [3.8, 4) is 5.75 Å². The number of rotatable bonds is 1. The Hall–Kier alpha value is -1.06. The summed E-state index contributed by atoms with van der Waals surface area (Å²) in [6, 6.07) is 8.38. The average Bonchev–Trinajstić information content (AvgIpc) is 2.16. The van der Waals surface area contributed by atoms with Crippen LogP contribution < -0.4 is 11.1 Å². The van der Waals surface area contributed by atoms with Gasteiger partial charge in [0.15, 0.2) is 0 Å². The first kappa shape index (κ1) is 10.5. The summed E-state index contributed by atoms with van der Waals surface area (Å²) in [4.78, 5) is 0. The third-order valence-electron chi connectivity index (χ3n) is 2.95. The molecule has 4 N–H and O–H groups in total. The van der Waals surface area contributed by atoms with Gasteiger partial charge in [-0.3, -0.25) is 0 Å². The predicted octanol–water partition coefficient (Wildman–Crippen LogP) is 1.53. The summed E-state index contributed by atoms with van der Waals surface area (Å²) in [5, 5.41) is 12.9. The summed E-state index contributed by atoms with van der Waals surface area (Å²) >= 11 is 0. The van der Waals surface area contributed by atoms with Crippen LogP contribution in [0.3, 0.4) is 0 Å². The number of nitrogens with one attached hydrogen (secondary N) is 1. The molecule has 1 heterocycles. The molecule has 1 fully saturated rings. The fourth-order valence-electron chi connectivity index (χ4n) is 2.31. The molecule has 82 valence electrons. The lowest BCUT2D eigenvalue weighted by Crippen LogP contribution is -2.44. The molecule has 0 saturated carbocycles. The number of phenolic OH excluding ortho intramolecular Hbond substituents is 1. The van der Waals surface area contributed by atoms with Crippen LogP contribution >= 0.6 is 0 Å². The monoisotopic (exact) mass is 206 g/mol. The van der Waals surface area contributed by atoms with E-state index >= 15 is 0 Å². The Morgan fingerprint density at radius 3 is 2.87 bits per heavy atom. The van der Waals surface area contributed by atoms with Crippen LogP contribution in [0.4, 0.5) is 0 Å². The van der Waals surface area contributed by atoms with Crippen molar-refractivity contribution >= 4 is 0 Å². The van der Waals surface area contributed by atoms with E-state index in [9.17, 15) is 5.11 Å². The number of benzene rings is 1. The first-order chi connectivity index (χ1) is 7.15. The van der Waals surface area contributed by atoms with Crippen LogP contribution in [0.25, 0.3) is 0 Å². The second-order valence-corrected chi connectivity index (χ2v) is 4.45. The van der Waals surface area contributed by atoms with Gasteiger partial charge in [0.2, 0.25) is 0 Å². The van der Waals surface area contributed by atoms with E-state index in [-0.39, 0.29) is 12.1 Å². The topological polar surface area (TPSA) is 58.3 Å². The largest absolute Gasteiger partial charge is 0.508 e. The maximum atomic E-state index is 9.42. The van der Waals surface area contributed by atoms with Gasteiger partial charge in [0, 0.05) is 18.1 Å². The maximum Gasteiger partial charge on any atom is 0.115 e. The molecule has 3 atom stereocenters. The summed E-state index contributed by atoms with van der Waals surface area (Å²) in [6.45, 7) is 2.15. The number of hydrogen-bond donors (Lipinski definition) is 3. The number of phenols is 1. The van der Waals surface area contributed by atoms with Gasteiger partial charge in [0.25, 0.3) is 0 Å². The van der Waals surface area contributed by atoms with Crippen molar-refractivity contribution in [2.24, 2.45) is 5.73 Å². The van der Waals surface area contributed by atoms with Crippen molar-refractivity contribution in [1.82, 2.24) is 5.32 Å². The van der Waals surface area contributed by atoms with Crippen molar-refractivity contribution in [3.05, 3.63) is 29.8 Å². The number of piperidine rings is 1. The maximum absolute atomic E-state index is 9.42. The van der Waals surface area contributed by atoms with Crippen molar-refractivity contribution in [2.45, 2.75) is 37.9 Å². The van der Waals surface area contributed by atoms with E-state index in [1.807, 2.05) is 18.2 Å². The van der Waals surface area contributed by atoms with Crippen LogP contribution in [0.5, 0.6) is 5.75 Å². The first-order valence-electron chi connectivity index (χ1n) is 5.45. The predicted molar refractivity (Wildman–Crippen MR) is 60.7 cm³/mol. The molecule has 0 unspecified atom stereocenters. The third kappa shape index (κ3) is 2.49. The summed E-state index contributed by atoms with van der Waals surface area (Å²) in [7, 11) is 0. The Kier molecular flexibility index (Phi) is 2.93. The molecule has 3 heteroatoms. The van der Waals surface area contributed by atoms with Gasteiger partial charge in [-0.15, -0.1) is 0 Å². The lowest BCUT2D eigenvalue weighted by atomic mass is 9.91. The Morgan fingerprint density at radius 1 is 1.40 bits per heavy atom. The molecule has 1 aromatic carbocycles. The Balaban J connectivity index is 2.16. The van der Waals surface area contributed by atoms with Crippen molar-refractivity contribution in [2.75, 3.05) is 0 Å². The molecule has 0 radical (unpaired) electrons. The fourth-order valence-corrected chi connectivity index (χ4v) is 2.31. The average molecular weight is 206 g/mol. The Morgan fingerprint density at radius 2 is 2.20 bits per heavy atom. The van der Waals surface area contributed by atoms with Gasteiger partial charge >= 0.3 is 0 Å². The zero-order valence-electron chi connectivity index (χ0n) is 8.98. The van der Waals surface area contributed by atoms with Gasteiger partial charge in [-0.1, -0.05) is 12.1 Å². The van der Waals surface area contributed by atoms with Crippen LogP contribution in [0, 0.1) is 0 Å². The summed E-state index contributed by atoms with van der Waals surface area (Å²) in [6.07, 6.45) is 1.96. The van der Waals surface area contributed by atoms with Crippen LogP contribution in [0.1, 0.15) is 31.4 Å². The van der Waals surface area contributed by atoms with Gasteiger partial charge in [-0.2, -0.15) is 0 Å². The highest BCUT2D eigenvalue weighted by Crippen LogP contribution is 2.26. The molecule has 1 aliphatic rings. The molecule has 0 aromatic heterocycles. The van der Waals surface area contributed by atoms with E-state index in [0.717, 1.165) is 18.4 Å². The second-order valence-electron chi connectivity index (χ2n) is 4.45. The molecule has 0 spiro atoms. The standard InChI is InChI=1S/C12H18N2O/c1-8-5-10(13)7-12(14-8)9-3-2-4-11(15)6-9/h2-4,6,8,10,12,14-15H,5,7,13H2,1H3/t8-,10-,12-/m0/s1. The van der Waals surface area contributed by atoms with E-state index in [0.29, 0.717) is 11.8 Å². The van der Waals surface area contributed by atoms with Crippen LogP contribution in [-0.2, 0) is 0 Å². The van der Waals surface area contributed by atoms with Gasteiger partial charge < -0.3 is 16.2 Å². The minimum absolute atomic E-state index is 0.258. The normalized spacial score (nSPS) is 31.5. The van der Waals surface area contributed by atoms with E-state index in [1.165, 1.54) is 0 Å². The minimum atomic E-state index is 0.258.